The maximum absolute atomic E-state index is 5.14. The number of rotatable bonds is 5. The van der Waals surface area contributed by atoms with Crippen LogP contribution in [0.1, 0.15) is 5.89 Å². The van der Waals surface area contributed by atoms with Crippen LogP contribution < -0.4 is 5.32 Å². The average Bonchev–Trinajstić information content (AvgIpc) is 3.10. The lowest BCUT2D eigenvalue weighted by Crippen LogP contribution is -2.04. The smallest absolute Gasteiger partial charge is 0.239 e. The minimum Gasteiger partial charge on any atom is -0.385 e. The quantitative estimate of drug-likeness (QED) is 0.718. The molecule has 3 rings (SSSR count). The van der Waals surface area contributed by atoms with Crippen molar-refractivity contribution in [3.05, 3.63) is 42.5 Å². The van der Waals surface area contributed by atoms with Crippen LogP contribution >= 0.6 is 0 Å². The van der Waals surface area contributed by atoms with Crippen molar-refractivity contribution >= 4 is 5.69 Å². The van der Waals surface area contributed by atoms with Gasteiger partial charge in [-0.3, -0.25) is 5.10 Å². The summed E-state index contributed by atoms with van der Waals surface area (Å²) in [7, 11) is 0. The normalized spacial score (nSPS) is 10.5. The minimum absolute atomic E-state index is 0.423. The zero-order chi connectivity index (χ0) is 12.9. The van der Waals surface area contributed by atoms with Crippen LogP contribution in [0.3, 0.4) is 0 Å². The molecular formula is C12H12N6O. The monoisotopic (exact) mass is 256 g/mol. The largest absolute Gasteiger partial charge is 0.385 e. The first kappa shape index (κ1) is 11.4. The van der Waals surface area contributed by atoms with Gasteiger partial charge in [0.25, 0.3) is 0 Å². The van der Waals surface area contributed by atoms with Gasteiger partial charge in [-0.05, 0) is 12.1 Å². The molecule has 0 unspecified atom stereocenters. The molecule has 3 aromatic rings. The van der Waals surface area contributed by atoms with Gasteiger partial charge in [-0.15, -0.1) is 0 Å². The van der Waals surface area contributed by atoms with Gasteiger partial charge in [0.05, 0.1) is 0 Å². The van der Waals surface area contributed by atoms with Crippen LogP contribution in [-0.4, -0.2) is 31.9 Å². The molecule has 2 heterocycles. The summed E-state index contributed by atoms with van der Waals surface area (Å²) < 4.78 is 5.14. The number of nitrogens with one attached hydrogen (secondary N) is 2. The SMILES string of the molecule is c1ccc(NCCc2nc(-c3ncn[nH]3)no2)cc1. The Morgan fingerprint density at radius 1 is 1.21 bits per heavy atom. The lowest BCUT2D eigenvalue weighted by molar-refractivity contribution is 0.381. The first-order valence-electron chi connectivity index (χ1n) is 5.89. The number of anilines is 1. The molecule has 0 radical (unpaired) electrons. The summed E-state index contributed by atoms with van der Waals surface area (Å²) in [6.45, 7) is 0.724. The highest BCUT2D eigenvalue weighted by atomic mass is 16.5. The minimum atomic E-state index is 0.423. The summed E-state index contributed by atoms with van der Waals surface area (Å²) in [6.07, 6.45) is 2.05. The Labute approximate surface area is 109 Å². The summed E-state index contributed by atoms with van der Waals surface area (Å²) in [5, 5.41) is 13.5. The summed E-state index contributed by atoms with van der Waals surface area (Å²) in [4.78, 5) is 8.19. The third kappa shape index (κ3) is 2.76. The summed E-state index contributed by atoms with van der Waals surface area (Å²) in [5.41, 5.74) is 1.07. The summed E-state index contributed by atoms with van der Waals surface area (Å²) in [6, 6.07) is 9.96. The fraction of sp³-hybridized carbons (Fsp3) is 0.167. The fourth-order valence-electron chi connectivity index (χ4n) is 1.64. The standard InChI is InChI=1S/C12H12N6O/c1-2-4-9(5-3-1)13-7-6-10-16-12(18-19-10)11-14-8-15-17-11/h1-5,8,13H,6-7H2,(H,14,15,17). The summed E-state index contributed by atoms with van der Waals surface area (Å²) in [5.74, 6) is 1.49. The van der Waals surface area contributed by atoms with Crippen molar-refractivity contribution < 1.29 is 4.52 Å². The molecular weight excluding hydrogens is 244 g/mol. The Morgan fingerprint density at radius 2 is 2.11 bits per heavy atom. The molecule has 0 amide bonds. The van der Waals surface area contributed by atoms with Crippen molar-refractivity contribution in [1.82, 2.24) is 25.3 Å². The van der Waals surface area contributed by atoms with E-state index in [9.17, 15) is 0 Å². The average molecular weight is 256 g/mol. The molecule has 2 N–H and O–H groups in total. The highest BCUT2D eigenvalue weighted by Gasteiger charge is 2.10. The molecule has 0 spiro atoms. The molecule has 0 aliphatic rings. The molecule has 7 nitrogen and oxygen atoms in total. The maximum atomic E-state index is 5.14. The van der Waals surface area contributed by atoms with E-state index in [2.05, 4.69) is 30.6 Å². The second kappa shape index (κ2) is 5.30. The number of hydrogen-bond acceptors (Lipinski definition) is 6. The molecule has 0 bridgehead atoms. The first-order valence-corrected chi connectivity index (χ1v) is 5.89. The van der Waals surface area contributed by atoms with Crippen molar-refractivity contribution in [3.8, 4) is 11.6 Å². The summed E-state index contributed by atoms with van der Waals surface area (Å²) >= 11 is 0. The van der Waals surface area contributed by atoms with E-state index in [0.29, 0.717) is 24.0 Å². The molecule has 96 valence electrons. The van der Waals surface area contributed by atoms with Crippen LogP contribution in [0.2, 0.25) is 0 Å². The van der Waals surface area contributed by atoms with E-state index in [-0.39, 0.29) is 0 Å². The second-order valence-corrected chi connectivity index (χ2v) is 3.89. The van der Waals surface area contributed by atoms with E-state index in [1.165, 1.54) is 6.33 Å². The fourth-order valence-corrected chi connectivity index (χ4v) is 1.64. The van der Waals surface area contributed by atoms with Crippen molar-refractivity contribution in [2.75, 3.05) is 11.9 Å². The van der Waals surface area contributed by atoms with Gasteiger partial charge in [0, 0.05) is 18.7 Å². The zero-order valence-electron chi connectivity index (χ0n) is 10.1. The van der Waals surface area contributed by atoms with E-state index in [4.69, 9.17) is 4.52 Å². The van der Waals surface area contributed by atoms with Gasteiger partial charge in [-0.1, -0.05) is 23.4 Å². The van der Waals surface area contributed by atoms with Gasteiger partial charge in [0.2, 0.25) is 11.7 Å². The Morgan fingerprint density at radius 3 is 2.89 bits per heavy atom. The topological polar surface area (TPSA) is 92.5 Å². The van der Waals surface area contributed by atoms with Gasteiger partial charge in [0.1, 0.15) is 6.33 Å². The van der Waals surface area contributed by atoms with E-state index >= 15 is 0 Å². The molecule has 1 aromatic carbocycles. The number of aromatic nitrogens is 5. The number of benzene rings is 1. The first-order chi connectivity index (χ1) is 9.42. The van der Waals surface area contributed by atoms with Crippen molar-refractivity contribution in [2.24, 2.45) is 0 Å². The predicted molar refractivity (Wildman–Crippen MR) is 68.3 cm³/mol. The van der Waals surface area contributed by atoms with Crippen LogP contribution in [0, 0.1) is 0 Å². The third-order valence-electron chi connectivity index (χ3n) is 2.54. The number of nitrogens with zero attached hydrogens (tertiary/aromatic N) is 4. The van der Waals surface area contributed by atoms with Crippen LogP contribution in [0.15, 0.2) is 41.2 Å². The lowest BCUT2D eigenvalue weighted by atomic mass is 10.3. The lowest BCUT2D eigenvalue weighted by Gasteiger charge is -2.02. The molecule has 0 aliphatic heterocycles. The van der Waals surface area contributed by atoms with Crippen molar-refractivity contribution in [3.63, 3.8) is 0 Å². The van der Waals surface area contributed by atoms with Gasteiger partial charge >= 0.3 is 0 Å². The molecule has 0 atom stereocenters. The molecule has 2 aromatic heterocycles. The molecule has 0 saturated heterocycles. The van der Waals surface area contributed by atoms with Crippen molar-refractivity contribution in [2.45, 2.75) is 6.42 Å². The van der Waals surface area contributed by atoms with Crippen molar-refractivity contribution in [1.29, 1.82) is 0 Å². The Kier molecular flexibility index (Phi) is 3.18. The third-order valence-corrected chi connectivity index (χ3v) is 2.54. The number of aromatic amines is 1. The predicted octanol–water partition coefficient (Wildman–Crippen LogP) is 1.51. The van der Waals surface area contributed by atoms with E-state index < -0.39 is 0 Å². The number of para-hydroxylation sites is 1. The second-order valence-electron chi connectivity index (χ2n) is 3.89. The highest BCUT2D eigenvalue weighted by Crippen LogP contribution is 2.09. The van der Waals surface area contributed by atoms with Crippen LogP contribution in [0.25, 0.3) is 11.6 Å². The van der Waals surface area contributed by atoms with E-state index in [1.807, 2.05) is 30.3 Å². The number of hydrogen-bond donors (Lipinski definition) is 2. The molecule has 0 fully saturated rings. The van der Waals surface area contributed by atoms with Gasteiger partial charge in [-0.2, -0.15) is 10.1 Å². The van der Waals surface area contributed by atoms with Gasteiger partial charge in [-0.25, -0.2) is 4.98 Å². The zero-order valence-corrected chi connectivity index (χ0v) is 10.1. The van der Waals surface area contributed by atoms with Crippen LogP contribution in [-0.2, 0) is 6.42 Å². The van der Waals surface area contributed by atoms with Crippen LogP contribution in [0.5, 0.6) is 0 Å². The maximum Gasteiger partial charge on any atom is 0.239 e. The Balaban J connectivity index is 1.56. The highest BCUT2D eigenvalue weighted by molar-refractivity contribution is 5.42. The van der Waals surface area contributed by atoms with Gasteiger partial charge in [0.15, 0.2) is 5.82 Å². The van der Waals surface area contributed by atoms with E-state index in [0.717, 1.165) is 12.2 Å². The molecule has 0 saturated carbocycles. The number of H-pyrrole nitrogens is 1. The Bertz CT molecular complexity index is 619. The molecule has 19 heavy (non-hydrogen) atoms. The van der Waals surface area contributed by atoms with Crippen LogP contribution in [0.4, 0.5) is 5.69 Å². The van der Waals surface area contributed by atoms with Gasteiger partial charge < -0.3 is 9.84 Å². The Hall–Kier alpha value is -2.70. The molecule has 7 heteroatoms. The molecule has 0 aliphatic carbocycles. The van der Waals surface area contributed by atoms with E-state index in [1.54, 1.807) is 0 Å².